The lowest BCUT2D eigenvalue weighted by Crippen LogP contribution is -2.22. The summed E-state index contributed by atoms with van der Waals surface area (Å²) >= 11 is 0. The zero-order chi connectivity index (χ0) is 25.0. The first-order chi connectivity index (χ1) is 16.8. The number of nitrogen functional groups attached to an aromatic ring is 1. The molecule has 0 fully saturated rings. The summed E-state index contributed by atoms with van der Waals surface area (Å²) in [6, 6.07) is 8.52. The number of nitrogens with two attached hydrogens (primary N) is 1. The van der Waals surface area contributed by atoms with Gasteiger partial charge in [0.05, 0.1) is 25.0 Å². The molecule has 1 aromatic carbocycles. The van der Waals surface area contributed by atoms with Crippen LogP contribution in [-0.4, -0.2) is 50.9 Å². The van der Waals surface area contributed by atoms with Crippen LogP contribution in [0.25, 0.3) is 11.2 Å². The molecular weight excluding hydrogens is 480 g/mol. The summed E-state index contributed by atoms with van der Waals surface area (Å²) in [5, 5.41) is 0. The van der Waals surface area contributed by atoms with Gasteiger partial charge in [0, 0.05) is 6.08 Å². The first-order valence-electron chi connectivity index (χ1n) is 10.9. The molecule has 3 heterocycles. The molecule has 0 saturated heterocycles. The standard InChI is InChI=1S/C22H25FN5O6P/c1-3-31-22(29)14(2)10-35(30,34-15-7-5-4-6-8-15)13-32-17-9-16(23)21(33-17)28-12-27-18-19(24)25-11-26-20(18)28/h4-9,11-12,14,17,21H,3,10,13H2,1-2H3,(H2,24,25,26)/t14-,17+,21?,35-/m1/s1. The van der Waals surface area contributed by atoms with Gasteiger partial charge in [0.25, 0.3) is 7.37 Å². The molecule has 1 aliphatic heterocycles. The van der Waals surface area contributed by atoms with E-state index in [9.17, 15) is 13.8 Å². The maximum atomic E-state index is 14.8. The average Bonchev–Trinajstić information content (AvgIpc) is 3.42. The van der Waals surface area contributed by atoms with Crippen LogP contribution in [0.3, 0.4) is 0 Å². The predicted octanol–water partition coefficient (Wildman–Crippen LogP) is 3.65. The number of para-hydroxylation sites is 1. The molecule has 0 spiro atoms. The van der Waals surface area contributed by atoms with E-state index in [1.54, 1.807) is 44.2 Å². The molecule has 0 bridgehead atoms. The highest BCUT2D eigenvalue weighted by atomic mass is 31.2. The van der Waals surface area contributed by atoms with Gasteiger partial charge in [-0.3, -0.25) is 13.9 Å². The topological polar surface area (TPSA) is 141 Å². The molecule has 0 saturated carbocycles. The molecule has 0 radical (unpaired) electrons. The Morgan fingerprint density at radius 2 is 2.06 bits per heavy atom. The monoisotopic (exact) mass is 505 g/mol. The number of ether oxygens (including phenoxy) is 3. The summed E-state index contributed by atoms with van der Waals surface area (Å²) in [7, 11) is -3.58. The van der Waals surface area contributed by atoms with E-state index in [4.69, 9.17) is 24.5 Å². The number of hydrogen-bond donors (Lipinski definition) is 1. The van der Waals surface area contributed by atoms with E-state index in [2.05, 4.69) is 15.0 Å². The molecule has 1 aliphatic rings. The van der Waals surface area contributed by atoms with Crippen molar-refractivity contribution >= 4 is 30.3 Å². The Hall–Kier alpha value is -3.34. The molecule has 0 amide bonds. The van der Waals surface area contributed by atoms with E-state index in [0.29, 0.717) is 11.3 Å². The maximum absolute atomic E-state index is 14.8. The Bertz CT molecular complexity index is 1270. The number of aromatic nitrogens is 4. The highest BCUT2D eigenvalue weighted by molar-refractivity contribution is 7.59. The second-order valence-corrected chi connectivity index (χ2v) is 10.3. The number of fused-ring (bicyclic) bond motifs is 1. The average molecular weight is 505 g/mol. The van der Waals surface area contributed by atoms with E-state index in [0.717, 1.165) is 6.08 Å². The van der Waals surface area contributed by atoms with Crippen LogP contribution in [-0.2, 0) is 23.6 Å². The quantitative estimate of drug-likeness (QED) is 0.321. The van der Waals surface area contributed by atoms with Crippen molar-refractivity contribution in [3.63, 3.8) is 0 Å². The normalized spacial score (nSPS) is 20.3. The summed E-state index contributed by atoms with van der Waals surface area (Å²) in [6.07, 6.45) is 0.762. The summed E-state index contributed by atoms with van der Waals surface area (Å²) in [4.78, 5) is 24.2. The minimum Gasteiger partial charge on any atom is -0.466 e. The summed E-state index contributed by atoms with van der Waals surface area (Å²) in [5.41, 5.74) is 6.38. The van der Waals surface area contributed by atoms with Crippen molar-refractivity contribution in [2.45, 2.75) is 26.4 Å². The lowest BCUT2D eigenvalue weighted by atomic mass is 10.2. The zero-order valence-electron chi connectivity index (χ0n) is 19.1. The minimum atomic E-state index is -3.58. The number of anilines is 1. The van der Waals surface area contributed by atoms with Gasteiger partial charge in [-0.15, -0.1) is 0 Å². The molecular formula is C22H25FN5O6P. The number of carbonyl (C=O) groups excluding carboxylic acids is 1. The zero-order valence-corrected chi connectivity index (χ0v) is 20.0. The van der Waals surface area contributed by atoms with Gasteiger partial charge in [-0.25, -0.2) is 19.3 Å². The second kappa shape index (κ2) is 10.5. The second-order valence-electron chi connectivity index (χ2n) is 7.84. The third-order valence-electron chi connectivity index (χ3n) is 5.13. The van der Waals surface area contributed by atoms with Crippen LogP contribution in [0.4, 0.5) is 10.2 Å². The number of rotatable bonds is 10. The van der Waals surface area contributed by atoms with Gasteiger partial charge in [-0.2, -0.15) is 0 Å². The third-order valence-corrected chi connectivity index (χ3v) is 7.32. The summed E-state index contributed by atoms with van der Waals surface area (Å²) in [5.74, 6) is -1.35. The Morgan fingerprint density at radius 1 is 1.29 bits per heavy atom. The van der Waals surface area contributed by atoms with Gasteiger partial charge in [-0.1, -0.05) is 25.1 Å². The van der Waals surface area contributed by atoms with Crippen molar-refractivity contribution in [1.29, 1.82) is 0 Å². The molecule has 3 aromatic rings. The highest BCUT2D eigenvalue weighted by Gasteiger charge is 2.36. The van der Waals surface area contributed by atoms with Gasteiger partial charge in [-0.05, 0) is 19.1 Å². The molecule has 0 aliphatic carbocycles. The summed E-state index contributed by atoms with van der Waals surface area (Å²) < 4.78 is 51.9. The number of nitrogens with zero attached hydrogens (tertiary/aromatic N) is 4. The van der Waals surface area contributed by atoms with Crippen molar-refractivity contribution in [3.8, 4) is 5.75 Å². The Kier molecular flexibility index (Phi) is 7.44. The fraction of sp³-hybridized carbons (Fsp3) is 0.364. The van der Waals surface area contributed by atoms with Crippen molar-refractivity contribution in [2.24, 2.45) is 5.92 Å². The van der Waals surface area contributed by atoms with Gasteiger partial charge in [0.1, 0.15) is 23.9 Å². The van der Waals surface area contributed by atoms with Gasteiger partial charge in [0.15, 0.2) is 29.8 Å². The molecule has 2 N–H and O–H groups in total. The largest absolute Gasteiger partial charge is 0.466 e. The molecule has 4 atom stereocenters. The third kappa shape index (κ3) is 5.67. The molecule has 2 aromatic heterocycles. The predicted molar refractivity (Wildman–Crippen MR) is 124 cm³/mol. The summed E-state index contributed by atoms with van der Waals surface area (Å²) in [6.45, 7) is 3.48. The molecule has 13 heteroatoms. The highest BCUT2D eigenvalue weighted by Crippen LogP contribution is 2.49. The van der Waals surface area contributed by atoms with Crippen LogP contribution >= 0.6 is 7.37 Å². The van der Waals surface area contributed by atoms with E-state index in [1.165, 1.54) is 17.2 Å². The number of carbonyl (C=O) groups is 1. The van der Waals surface area contributed by atoms with E-state index in [1.807, 2.05) is 0 Å². The molecule has 35 heavy (non-hydrogen) atoms. The number of imidazole rings is 1. The Labute approximate surface area is 200 Å². The number of halogens is 1. The number of esters is 1. The molecule has 11 nitrogen and oxygen atoms in total. The smallest absolute Gasteiger partial charge is 0.309 e. The van der Waals surface area contributed by atoms with Crippen molar-refractivity contribution in [2.75, 3.05) is 24.9 Å². The van der Waals surface area contributed by atoms with Crippen molar-refractivity contribution < 1.29 is 32.5 Å². The first kappa shape index (κ1) is 24.8. The number of benzene rings is 1. The maximum Gasteiger partial charge on any atom is 0.309 e. The van der Waals surface area contributed by atoms with Crippen LogP contribution in [0.1, 0.15) is 20.1 Å². The fourth-order valence-corrected chi connectivity index (χ4v) is 5.62. The van der Waals surface area contributed by atoms with Crippen LogP contribution in [0.15, 0.2) is 54.9 Å². The lowest BCUT2D eigenvalue weighted by Gasteiger charge is -2.23. The van der Waals surface area contributed by atoms with Gasteiger partial charge in [0.2, 0.25) is 0 Å². The molecule has 186 valence electrons. The van der Waals surface area contributed by atoms with Gasteiger partial charge < -0.3 is 24.5 Å². The van der Waals surface area contributed by atoms with Crippen LogP contribution in [0.5, 0.6) is 5.75 Å². The first-order valence-corrected chi connectivity index (χ1v) is 12.9. The van der Waals surface area contributed by atoms with Gasteiger partial charge >= 0.3 is 5.97 Å². The SMILES string of the molecule is CCOC(=O)[C@H](C)C[P@](=O)(CO[C@@H]1C=C(F)C(n2cnc3c(N)ncnc32)O1)Oc1ccccc1. The van der Waals surface area contributed by atoms with Crippen LogP contribution in [0.2, 0.25) is 0 Å². The Morgan fingerprint density at radius 3 is 2.80 bits per heavy atom. The lowest BCUT2D eigenvalue weighted by molar-refractivity contribution is -0.146. The molecule has 1 unspecified atom stereocenters. The fourth-order valence-electron chi connectivity index (χ4n) is 3.52. The van der Waals surface area contributed by atoms with Crippen LogP contribution in [0, 0.1) is 5.92 Å². The van der Waals surface area contributed by atoms with Crippen molar-refractivity contribution in [1.82, 2.24) is 19.5 Å². The van der Waals surface area contributed by atoms with E-state index >= 15 is 0 Å². The van der Waals surface area contributed by atoms with E-state index < -0.39 is 43.9 Å². The molecule has 4 rings (SSSR count). The minimum absolute atomic E-state index is 0.134. The van der Waals surface area contributed by atoms with Crippen LogP contribution < -0.4 is 10.3 Å². The van der Waals surface area contributed by atoms with E-state index in [-0.39, 0.29) is 24.2 Å². The van der Waals surface area contributed by atoms with Crippen molar-refractivity contribution in [3.05, 3.63) is 54.9 Å². The number of hydrogen-bond acceptors (Lipinski definition) is 10. The Balaban J connectivity index is 1.47.